The second-order valence-corrected chi connectivity index (χ2v) is 7.36. The smallest absolute Gasteiger partial charge is 0.316 e. The Kier molecular flexibility index (Phi) is 6.20. The van der Waals surface area contributed by atoms with Crippen molar-refractivity contribution in [1.29, 1.82) is 0 Å². The molecule has 0 aliphatic rings. The zero-order valence-electron chi connectivity index (χ0n) is 15.9. The number of halogens is 1. The normalized spacial score (nSPS) is 10.7. The average molecular weight is 419 g/mol. The van der Waals surface area contributed by atoms with Gasteiger partial charge in [0.25, 0.3) is 0 Å². The molecule has 0 N–H and O–H groups in total. The van der Waals surface area contributed by atoms with Crippen LogP contribution in [-0.2, 0) is 16.1 Å². The molecule has 4 rings (SSSR count). The maximum Gasteiger partial charge on any atom is 0.316 e. The molecule has 0 unspecified atom stereocenters. The van der Waals surface area contributed by atoms with E-state index < -0.39 is 0 Å². The van der Waals surface area contributed by atoms with Crippen LogP contribution in [0, 0.1) is 5.82 Å². The van der Waals surface area contributed by atoms with E-state index in [0.717, 1.165) is 16.8 Å². The Morgan fingerprint density at radius 1 is 0.900 bits per heavy atom. The molecule has 0 aliphatic carbocycles. The van der Waals surface area contributed by atoms with Crippen molar-refractivity contribution in [2.24, 2.45) is 0 Å². The number of carbonyl (C=O) groups is 1. The highest BCUT2D eigenvalue weighted by Crippen LogP contribution is 2.28. The molecule has 0 bridgehead atoms. The van der Waals surface area contributed by atoms with E-state index in [9.17, 15) is 9.18 Å². The molecule has 0 atom stereocenters. The van der Waals surface area contributed by atoms with Crippen LogP contribution in [0.1, 0.15) is 5.56 Å². The molecule has 0 saturated heterocycles. The summed E-state index contributed by atoms with van der Waals surface area (Å²) >= 11 is 1.24. The van der Waals surface area contributed by atoms with Crippen molar-refractivity contribution >= 4 is 17.7 Å². The lowest BCUT2D eigenvalue weighted by atomic mass is 10.2. The van der Waals surface area contributed by atoms with Crippen LogP contribution in [0.4, 0.5) is 4.39 Å². The summed E-state index contributed by atoms with van der Waals surface area (Å²) in [5, 5.41) is 9.09. The third-order valence-electron chi connectivity index (χ3n) is 4.31. The molecule has 0 amide bonds. The van der Waals surface area contributed by atoms with Gasteiger partial charge in [-0.3, -0.25) is 9.36 Å². The molecular formula is C23H18FN3O2S. The molecule has 0 radical (unpaired) electrons. The van der Waals surface area contributed by atoms with Crippen molar-refractivity contribution in [2.45, 2.75) is 11.8 Å². The maximum atomic E-state index is 13.3. The Balaban J connectivity index is 1.53. The molecule has 7 heteroatoms. The summed E-state index contributed by atoms with van der Waals surface area (Å²) in [6.45, 7) is 0.229. The number of esters is 1. The van der Waals surface area contributed by atoms with Crippen LogP contribution in [0.25, 0.3) is 17.1 Å². The highest BCUT2D eigenvalue weighted by molar-refractivity contribution is 7.99. The number of rotatable bonds is 7. The Morgan fingerprint density at radius 3 is 2.27 bits per heavy atom. The molecule has 30 heavy (non-hydrogen) atoms. The predicted molar refractivity (Wildman–Crippen MR) is 114 cm³/mol. The van der Waals surface area contributed by atoms with Crippen LogP contribution in [0.2, 0.25) is 0 Å². The van der Waals surface area contributed by atoms with E-state index in [1.165, 1.54) is 23.9 Å². The topological polar surface area (TPSA) is 57.0 Å². The van der Waals surface area contributed by atoms with Gasteiger partial charge < -0.3 is 4.74 Å². The number of aromatic nitrogens is 3. The fraction of sp³-hybridized carbons (Fsp3) is 0.0870. The SMILES string of the molecule is O=C(CSc1nnc(-c2ccc(F)cc2)n1-c1ccccc1)OCc1ccccc1. The molecule has 1 aromatic heterocycles. The van der Waals surface area contributed by atoms with Crippen LogP contribution in [0.3, 0.4) is 0 Å². The molecule has 3 aromatic carbocycles. The number of thioether (sulfide) groups is 1. The molecule has 1 heterocycles. The van der Waals surface area contributed by atoms with Gasteiger partial charge in [0, 0.05) is 11.3 Å². The standard InChI is InChI=1S/C23H18FN3O2S/c24-19-13-11-18(12-14-19)22-25-26-23(27(22)20-9-5-2-6-10-20)30-16-21(28)29-15-17-7-3-1-4-8-17/h1-14H,15-16H2. The number of hydrogen-bond acceptors (Lipinski definition) is 5. The van der Waals surface area contributed by atoms with Crippen molar-refractivity contribution in [3.63, 3.8) is 0 Å². The number of benzene rings is 3. The number of carbonyl (C=O) groups excluding carboxylic acids is 1. The first kappa shape index (κ1) is 19.8. The summed E-state index contributed by atoms with van der Waals surface area (Å²) in [5.41, 5.74) is 2.51. The maximum absolute atomic E-state index is 13.3. The first-order valence-corrected chi connectivity index (χ1v) is 10.3. The van der Waals surface area contributed by atoms with E-state index in [2.05, 4.69) is 10.2 Å². The quantitative estimate of drug-likeness (QED) is 0.315. The molecule has 4 aromatic rings. The summed E-state index contributed by atoms with van der Waals surface area (Å²) in [5.74, 6) is 0.0118. The number of ether oxygens (including phenoxy) is 1. The summed E-state index contributed by atoms with van der Waals surface area (Å²) < 4.78 is 20.5. The van der Waals surface area contributed by atoms with E-state index in [1.54, 1.807) is 12.1 Å². The largest absolute Gasteiger partial charge is 0.460 e. The summed E-state index contributed by atoms with van der Waals surface area (Å²) in [4.78, 5) is 12.2. The van der Waals surface area contributed by atoms with Gasteiger partial charge >= 0.3 is 5.97 Å². The van der Waals surface area contributed by atoms with Crippen LogP contribution in [-0.4, -0.2) is 26.5 Å². The number of nitrogens with zero attached hydrogens (tertiary/aromatic N) is 3. The summed E-state index contributed by atoms with van der Waals surface area (Å²) in [7, 11) is 0. The van der Waals surface area contributed by atoms with Gasteiger partial charge in [-0.1, -0.05) is 60.3 Å². The summed E-state index contributed by atoms with van der Waals surface area (Å²) in [6.07, 6.45) is 0. The van der Waals surface area contributed by atoms with E-state index in [1.807, 2.05) is 65.2 Å². The number of para-hydroxylation sites is 1. The minimum Gasteiger partial charge on any atom is -0.460 e. The predicted octanol–water partition coefficient (Wildman–Crippen LogP) is 4.91. The first-order chi connectivity index (χ1) is 14.7. The van der Waals surface area contributed by atoms with Crippen molar-refractivity contribution in [2.75, 3.05) is 5.75 Å². The lowest BCUT2D eigenvalue weighted by Crippen LogP contribution is -2.08. The molecule has 0 fully saturated rings. The van der Waals surface area contributed by atoms with Crippen molar-refractivity contribution < 1.29 is 13.9 Å². The van der Waals surface area contributed by atoms with E-state index >= 15 is 0 Å². The monoisotopic (exact) mass is 419 g/mol. The van der Waals surface area contributed by atoms with Crippen molar-refractivity contribution in [3.05, 3.63) is 96.3 Å². The Morgan fingerprint density at radius 2 is 1.57 bits per heavy atom. The highest BCUT2D eigenvalue weighted by atomic mass is 32.2. The van der Waals surface area contributed by atoms with Crippen LogP contribution >= 0.6 is 11.8 Å². The van der Waals surface area contributed by atoms with E-state index in [4.69, 9.17) is 4.74 Å². The third-order valence-corrected chi connectivity index (χ3v) is 5.21. The van der Waals surface area contributed by atoms with Gasteiger partial charge in [0.2, 0.25) is 0 Å². The van der Waals surface area contributed by atoms with Crippen LogP contribution < -0.4 is 0 Å². The summed E-state index contributed by atoms with van der Waals surface area (Å²) in [6, 6.07) is 25.2. The molecule has 0 spiro atoms. The van der Waals surface area contributed by atoms with Gasteiger partial charge in [-0.05, 0) is 42.0 Å². The third kappa shape index (κ3) is 4.75. The van der Waals surface area contributed by atoms with Gasteiger partial charge in [0.1, 0.15) is 12.4 Å². The second-order valence-electron chi connectivity index (χ2n) is 6.42. The minimum absolute atomic E-state index is 0.0984. The zero-order valence-corrected chi connectivity index (χ0v) is 16.8. The minimum atomic E-state index is -0.338. The van der Waals surface area contributed by atoms with Gasteiger partial charge in [0.15, 0.2) is 11.0 Å². The van der Waals surface area contributed by atoms with Gasteiger partial charge in [0.05, 0.1) is 5.75 Å². The molecule has 5 nitrogen and oxygen atoms in total. The lowest BCUT2D eigenvalue weighted by Gasteiger charge is -2.10. The molecule has 150 valence electrons. The first-order valence-electron chi connectivity index (χ1n) is 9.30. The van der Waals surface area contributed by atoms with Crippen LogP contribution in [0.15, 0.2) is 90.1 Å². The van der Waals surface area contributed by atoms with Crippen LogP contribution in [0.5, 0.6) is 0 Å². The highest BCUT2D eigenvalue weighted by Gasteiger charge is 2.17. The Hall–Kier alpha value is -3.45. The average Bonchev–Trinajstić information content (AvgIpc) is 3.22. The van der Waals surface area contributed by atoms with Gasteiger partial charge in [-0.2, -0.15) is 0 Å². The van der Waals surface area contributed by atoms with Gasteiger partial charge in [-0.15, -0.1) is 10.2 Å². The molecule has 0 saturated carbocycles. The van der Waals surface area contributed by atoms with Gasteiger partial charge in [-0.25, -0.2) is 4.39 Å². The fourth-order valence-corrected chi connectivity index (χ4v) is 3.61. The van der Waals surface area contributed by atoms with E-state index in [0.29, 0.717) is 11.0 Å². The molecule has 0 aliphatic heterocycles. The second kappa shape index (κ2) is 9.37. The Bertz CT molecular complexity index is 1120. The van der Waals surface area contributed by atoms with Crippen molar-refractivity contribution in [3.8, 4) is 17.1 Å². The zero-order chi connectivity index (χ0) is 20.8. The van der Waals surface area contributed by atoms with E-state index in [-0.39, 0.29) is 24.1 Å². The Labute approximate surface area is 177 Å². The fourth-order valence-electron chi connectivity index (χ4n) is 2.86. The number of hydrogen-bond donors (Lipinski definition) is 0. The van der Waals surface area contributed by atoms with Crippen molar-refractivity contribution in [1.82, 2.24) is 14.8 Å². The lowest BCUT2D eigenvalue weighted by molar-refractivity contribution is -0.141. The molecular weight excluding hydrogens is 401 g/mol.